The Balaban J connectivity index is 4.23. The monoisotopic (exact) mass is 919 g/mol. The maximum Gasteiger partial charge on any atom is 0.306 e. The molecule has 0 N–H and O–H groups in total. The molecule has 0 aromatic rings. The predicted molar refractivity (Wildman–Crippen MR) is 280 cm³/mol. The van der Waals surface area contributed by atoms with Gasteiger partial charge in [-0.2, -0.15) is 0 Å². The average molecular weight is 920 g/mol. The van der Waals surface area contributed by atoms with Gasteiger partial charge in [0.05, 0.1) is 0 Å². The third kappa shape index (κ3) is 51.6. The van der Waals surface area contributed by atoms with Gasteiger partial charge in [0.1, 0.15) is 13.2 Å². The third-order valence-electron chi connectivity index (χ3n) is 13.8. The maximum absolute atomic E-state index is 12.8. The fourth-order valence-electron chi connectivity index (χ4n) is 9.02. The van der Waals surface area contributed by atoms with E-state index in [9.17, 15) is 14.4 Å². The van der Waals surface area contributed by atoms with Crippen LogP contribution in [0.5, 0.6) is 0 Å². The molecule has 0 bridgehead atoms. The normalized spacial score (nSPS) is 12.5. The molecule has 0 heterocycles. The van der Waals surface area contributed by atoms with Crippen LogP contribution in [0.25, 0.3) is 0 Å². The molecule has 0 spiro atoms. The molecule has 0 aliphatic heterocycles. The van der Waals surface area contributed by atoms with Gasteiger partial charge in [0.25, 0.3) is 0 Å². The predicted octanol–water partition coefficient (Wildman–Crippen LogP) is 19.3. The first-order valence-electron chi connectivity index (χ1n) is 29.3. The second-order valence-electron chi connectivity index (χ2n) is 21.0. The Morgan fingerprint density at radius 1 is 0.323 bits per heavy atom. The number of hydrogen-bond acceptors (Lipinski definition) is 6. The molecule has 0 fully saturated rings. The highest BCUT2D eigenvalue weighted by molar-refractivity contribution is 5.71. The quantitative estimate of drug-likeness (QED) is 0.0344. The van der Waals surface area contributed by atoms with Gasteiger partial charge < -0.3 is 14.2 Å². The molecule has 65 heavy (non-hydrogen) atoms. The van der Waals surface area contributed by atoms with Crippen molar-refractivity contribution in [2.45, 2.75) is 336 Å². The Morgan fingerprint density at radius 2 is 0.585 bits per heavy atom. The van der Waals surface area contributed by atoms with E-state index >= 15 is 0 Å². The first-order chi connectivity index (χ1) is 31.8. The van der Waals surface area contributed by atoms with Crippen molar-refractivity contribution in [3.63, 3.8) is 0 Å². The molecule has 0 aliphatic rings. The van der Waals surface area contributed by atoms with Gasteiger partial charge in [-0.15, -0.1) is 0 Å². The number of carbonyl (C=O) groups excluding carboxylic acids is 3. The molecule has 6 nitrogen and oxygen atoms in total. The number of hydrogen-bond donors (Lipinski definition) is 0. The summed E-state index contributed by atoms with van der Waals surface area (Å²) in [5, 5.41) is 0. The summed E-state index contributed by atoms with van der Waals surface area (Å²) in [5.41, 5.74) is 0. The van der Waals surface area contributed by atoms with Gasteiger partial charge >= 0.3 is 17.9 Å². The van der Waals surface area contributed by atoms with Crippen molar-refractivity contribution in [1.82, 2.24) is 0 Å². The van der Waals surface area contributed by atoms with Crippen molar-refractivity contribution in [1.29, 1.82) is 0 Å². The van der Waals surface area contributed by atoms with Crippen LogP contribution in [-0.4, -0.2) is 37.2 Å². The van der Waals surface area contributed by atoms with Gasteiger partial charge in [0.15, 0.2) is 6.10 Å². The zero-order valence-electron chi connectivity index (χ0n) is 44.6. The highest BCUT2D eigenvalue weighted by Gasteiger charge is 2.19. The van der Waals surface area contributed by atoms with Crippen LogP contribution in [0.3, 0.4) is 0 Å². The highest BCUT2D eigenvalue weighted by Crippen LogP contribution is 2.19. The molecular formula is C59H114O6. The van der Waals surface area contributed by atoms with Gasteiger partial charge in [-0.1, -0.05) is 291 Å². The van der Waals surface area contributed by atoms with Crippen LogP contribution in [-0.2, 0) is 28.6 Å². The molecule has 386 valence electrons. The minimum atomic E-state index is -0.762. The van der Waals surface area contributed by atoms with Crippen LogP contribution >= 0.6 is 0 Å². The number of ether oxygens (including phenoxy) is 3. The fourth-order valence-corrected chi connectivity index (χ4v) is 9.02. The standard InChI is InChI=1S/C59H114O6/c1-6-8-9-10-11-12-13-23-31-36-41-46-51-59(62)65-56(53-64-58(61)50-45-40-35-30-26-25-28-33-38-43-48-55(5)7-2)52-63-57(60)49-44-39-34-29-24-21-19-17-15-14-16-18-20-22-27-32-37-42-47-54(3)4/h54-56H,6-53H2,1-5H3/t55?,56-/m1/s1. The fraction of sp³-hybridized carbons (Fsp3) is 0.949. The molecule has 6 heteroatoms. The number of rotatable bonds is 53. The molecular weight excluding hydrogens is 805 g/mol. The van der Waals surface area contributed by atoms with E-state index in [-0.39, 0.29) is 31.1 Å². The lowest BCUT2D eigenvalue weighted by Crippen LogP contribution is -2.30. The van der Waals surface area contributed by atoms with E-state index in [2.05, 4.69) is 34.6 Å². The summed E-state index contributed by atoms with van der Waals surface area (Å²) in [4.78, 5) is 38.1. The minimum absolute atomic E-state index is 0.0627. The largest absolute Gasteiger partial charge is 0.462 e. The van der Waals surface area contributed by atoms with Crippen molar-refractivity contribution in [3.05, 3.63) is 0 Å². The zero-order valence-corrected chi connectivity index (χ0v) is 44.6. The summed E-state index contributed by atoms with van der Waals surface area (Å²) < 4.78 is 16.9. The summed E-state index contributed by atoms with van der Waals surface area (Å²) in [6, 6.07) is 0. The number of carbonyl (C=O) groups is 3. The lowest BCUT2D eigenvalue weighted by Gasteiger charge is -2.18. The molecule has 0 saturated carbocycles. The van der Waals surface area contributed by atoms with E-state index in [1.165, 1.54) is 218 Å². The molecule has 2 atom stereocenters. The van der Waals surface area contributed by atoms with Gasteiger partial charge in [-0.25, -0.2) is 0 Å². The SMILES string of the molecule is CCCCCCCCCCCCCCC(=O)O[C@H](COC(=O)CCCCCCCCCCCCCCCCCCCCC(C)C)COC(=O)CCCCCCCCCCCCC(C)CC. The topological polar surface area (TPSA) is 78.9 Å². The molecule has 0 aliphatic carbocycles. The van der Waals surface area contributed by atoms with Crippen LogP contribution in [0.4, 0.5) is 0 Å². The second-order valence-corrected chi connectivity index (χ2v) is 21.0. The zero-order chi connectivity index (χ0) is 47.5. The van der Waals surface area contributed by atoms with E-state index < -0.39 is 6.10 Å². The van der Waals surface area contributed by atoms with E-state index in [0.29, 0.717) is 19.3 Å². The van der Waals surface area contributed by atoms with Crippen LogP contribution in [0.1, 0.15) is 330 Å². The first-order valence-corrected chi connectivity index (χ1v) is 29.3. The molecule has 0 aromatic carbocycles. The maximum atomic E-state index is 12.8. The van der Waals surface area contributed by atoms with E-state index in [4.69, 9.17) is 14.2 Å². The molecule has 0 saturated heterocycles. The Hall–Kier alpha value is -1.59. The van der Waals surface area contributed by atoms with Gasteiger partial charge in [-0.3, -0.25) is 14.4 Å². The van der Waals surface area contributed by atoms with E-state index in [0.717, 1.165) is 69.6 Å². The summed E-state index contributed by atoms with van der Waals surface area (Å²) in [6.07, 6.45) is 55.2. The Morgan fingerprint density at radius 3 is 0.877 bits per heavy atom. The van der Waals surface area contributed by atoms with Gasteiger partial charge in [0, 0.05) is 19.3 Å². The van der Waals surface area contributed by atoms with Crippen LogP contribution in [0.2, 0.25) is 0 Å². The minimum Gasteiger partial charge on any atom is -0.462 e. The highest BCUT2D eigenvalue weighted by atomic mass is 16.6. The third-order valence-corrected chi connectivity index (χ3v) is 13.8. The Bertz CT molecular complexity index is 995. The lowest BCUT2D eigenvalue weighted by molar-refractivity contribution is -0.167. The number of unbranched alkanes of at least 4 members (excludes halogenated alkanes) is 37. The Kier molecular flexibility index (Phi) is 50.5. The van der Waals surface area contributed by atoms with Crippen molar-refractivity contribution in [2.75, 3.05) is 13.2 Å². The van der Waals surface area contributed by atoms with E-state index in [1.54, 1.807) is 0 Å². The van der Waals surface area contributed by atoms with Crippen LogP contribution in [0.15, 0.2) is 0 Å². The molecule has 0 aromatic heterocycles. The van der Waals surface area contributed by atoms with Crippen molar-refractivity contribution in [2.24, 2.45) is 11.8 Å². The van der Waals surface area contributed by atoms with Gasteiger partial charge in [-0.05, 0) is 31.1 Å². The second kappa shape index (κ2) is 51.8. The van der Waals surface area contributed by atoms with Crippen molar-refractivity contribution < 1.29 is 28.6 Å². The summed E-state index contributed by atoms with van der Waals surface area (Å²) in [5.74, 6) is 0.889. The molecule has 0 amide bonds. The van der Waals surface area contributed by atoms with Crippen molar-refractivity contribution >= 4 is 17.9 Å². The summed E-state index contributed by atoms with van der Waals surface area (Å²) in [6.45, 7) is 11.4. The summed E-state index contributed by atoms with van der Waals surface area (Å²) >= 11 is 0. The van der Waals surface area contributed by atoms with Crippen molar-refractivity contribution in [3.8, 4) is 0 Å². The smallest absolute Gasteiger partial charge is 0.306 e. The van der Waals surface area contributed by atoms with Gasteiger partial charge in [0.2, 0.25) is 0 Å². The lowest BCUT2D eigenvalue weighted by atomic mass is 9.99. The molecule has 0 radical (unpaired) electrons. The van der Waals surface area contributed by atoms with Crippen LogP contribution < -0.4 is 0 Å². The Labute approximate surface area is 406 Å². The summed E-state index contributed by atoms with van der Waals surface area (Å²) in [7, 11) is 0. The molecule has 1 unspecified atom stereocenters. The molecule has 0 rings (SSSR count). The van der Waals surface area contributed by atoms with Crippen LogP contribution in [0, 0.1) is 11.8 Å². The average Bonchev–Trinajstić information content (AvgIpc) is 3.29. The first kappa shape index (κ1) is 63.4. The number of esters is 3. The van der Waals surface area contributed by atoms with E-state index in [1.807, 2.05) is 0 Å².